The third-order valence-electron chi connectivity index (χ3n) is 2.94. The van der Waals surface area contributed by atoms with Gasteiger partial charge in [0, 0.05) is 0 Å². The van der Waals surface area contributed by atoms with Crippen LogP contribution in [0.25, 0.3) is 6.08 Å². The highest BCUT2D eigenvalue weighted by Crippen LogP contribution is 2.25. The first-order valence-corrected chi connectivity index (χ1v) is 7.72. The van der Waals surface area contributed by atoms with Crippen LogP contribution in [-0.2, 0) is 9.84 Å². The first-order valence-electron chi connectivity index (χ1n) is 6.24. The highest BCUT2D eigenvalue weighted by Gasteiger charge is 2.19. The quantitative estimate of drug-likeness (QED) is 0.941. The molecule has 20 heavy (non-hydrogen) atoms. The van der Waals surface area contributed by atoms with Crippen molar-refractivity contribution in [1.82, 2.24) is 0 Å². The number of aryl methyl sites for hydroxylation is 1. The highest BCUT2D eigenvalue weighted by atomic mass is 32.2. The van der Waals surface area contributed by atoms with E-state index in [0.717, 1.165) is 5.56 Å². The summed E-state index contributed by atoms with van der Waals surface area (Å²) < 4.78 is 25.3. The molecule has 0 bridgehead atoms. The van der Waals surface area contributed by atoms with Crippen LogP contribution < -0.4 is 0 Å². The number of sulfone groups is 1. The average molecular weight is 288 g/mol. The number of rotatable bonds is 4. The summed E-state index contributed by atoms with van der Waals surface area (Å²) in [6.07, 6.45) is 3.13. The van der Waals surface area contributed by atoms with Crippen LogP contribution in [0.3, 0.4) is 0 Å². The molecule has 2 aromatic carbocycles. The van der Waals surface area contributed by atoms with Crippen LogP contribution >= 0.6 is 0 Å². The van der Waals surface area contributed by atoms with E-state index in [4.69, 9.17) is 5.11 Å². The molecule has 0 atom stereocenters. The SMILES string of the molecule is Cc1ccc(S(=O)(=O)c2ccccc2/C=C/CO)cc1. The van der Waals surface area contributed by atoms with Crippen LogP contribution in [0.1, 0.15) is 11.1 Å². The van der Waals surface area contributed by atoms with Gasteiger partial charge in [-0.1, -0.05) is 48.0 Å². The lowest BCUT2D eigenvalue weighted by atomic mass is 10.2. The molecule has 0 amide bonds. The van der Waals surface area contributed by atoms with Gasteiger partial charge in [-0.25, -0.2) is 8.42 Å². The van der Waals surface area contributed by atoms with E-state index in [1.54, 1.807) is 54.6 Å². The van der Waals surface area contributed by atoms with Gasteiger partial charge in [-0.15, -0.1) is 0 Å². The molecule has 4 heteroatoms. The Morgan fingerprint density at radius 3 is 2.35 bits per heavy atom. The molecule has 1 N–H and O–H groups in total. The topological polar surface area (TPSA) is 54.4 Å². The number of aliphatic hydroxyl groups excluding tert-OH is 1. The van der Waals surface area contributed by atoms with Gasteiger partial charge in [0.15, 0.2) is 0 Å². The minimum Gasteiger partial charge on any atom is -0.392 e. The Hall–Kier alpha value is -1.91. The second-order valence-corrected chi connectivity index (χ2v) is 6.36. The second kappa shape index (κ2) is 6.03. The summed E-state index contributed by atoms with van der Waals surface area (Å²) in [7, 11) is -3.55. The van der Waals surface area contributed by atoms with Crippen LogP contribution in [-0.4, -0.2) is 20.1 Å². The molecule has 2 rings (SSSR count). The Morgan fingerprint density at radius 2 is 1.70 bits per heavy atom. The molecule has 104 valence electrons. The number of aliphatic hydroxyl groups is 1. The smallest absolute Gasteiger partial charge is 0.207 e. The molecule has 0 radical (unpaired) electrons. The van der Waals surface area contributed by atoms with Crippen molar-refractivity contribution < 1.29 is 13.5 Å². The zero-order chi connectivity index (χ0) is 14.6. The molecule has 0 fully saturated rings. The lowest BCUT2D eigenvalue weighted by Crippen LogP contribution is -2.04. The summed E-state index contributed by atoms with van der Waals surface area (Å²) in [6.45, 7) is 1.78. The van der Waals surface area contributed by atoms with Gasteiger partial charge in [0.1, 0.15) is 0 Å². The fourth-order valence-corrected chi connectivity index (χ4v) is 3.34. The summed E-state index contributed by atoms with van der Waals surface area (Å²) in [5.41, 5.74) is 1.58. The molecule has 0 saturated carbocycles. The number of hydrogen-bond acceptors (Lipinski definition) is 3. The van der Waals surface area contributed by atoms with Gasteiger partial charge < -0.3 is 5.11 Å². The van der Waals surface area contributed by atoms with Crippen LogP contribution in [0, 0.1) is 6.92 Å². The van der Waals surface area contributed by atoms with Crippen molar-refractivity contribution in [1.29, 1.82) is 0 Å². The third kappa shape index (κ3) is 2.98. The zero-order valence-electron chi connectivity index (χ0n) is 11.2. The molecular weight excluding hydrogens is 272 g/mol. The lowest BCUT2D eigenvalue weighted by Gasteiger charge is -2.08. The fourth-order valence-electron chi connectivity index (χ4n) is 1.89. The molecule has 0 unspecified atom stereocenters. The van der Waals surface area contributed by atoms with E-state index in [1.165, 1.54) is 6.08 Å². The predicted molar refractivity (Wildman–Crippen MR) is 79.2 cm³/mol. The lowest BCUT2D eigenvalue weighted by molar-refractivity contribution is 0.343. The van der Waals surface area contributed by atoms with Gasteiger partial charge in [0.25, 0.3) is 0 Å². The minimum absolute atomic E-state index is 0.126. The van der Waals surface area contributed by atoms with Crippen LogP contribution in [0.4, 0.5) is 0 Å². The maximum atomic E-state index is 12.6. The summed E-state index contributed by atoms with van der Waals surface area (Å²) in [6, 6.07) is 13.5. The highest BCUT2D eigenvalue weighted by molar-refractivity contribution is 7.91. The Labute approximate surface area is 119 Å². The van der Waals surface area contributed by atoms with Crippen molar-refractivity contribution in [2.24, 2.45) is 0 Å². The van der Waals surface area contributed by atoms with E-state index in [0.29, 0.717) is 5.56 Å². The largest absolute Gasteiger partial charge is 0.392 e. The van der Waals surface area contributed by atoms with Crippen molar-refractivity contribution in [3.05, 3.63) is 65.7 Å². The predicted octanol–water partition coefficient (Wildman–Crippen LogP) is 2.83. The van der Waals surface area contributed by atoms with E-state index in [2.05, 4.69) is 0 Å². The van der Waals surface area contributed by atoms with Crippen molar-refractivity contribution in [3.63, 3.8) is 0 Å². The van der Waals surface area contributed by atoms with Gasteiger partial charge in [0.2, 0.25) is 9.84 Å². The maximum Gasteiger partial charge on any atom is 0.207 e. The standard InChI is InChI=1S/C16H16O3S/c1-13-8-10-15(11-9-13)20(18,19)16-7-3-2-5-14(16)6-4-12-17/h2-11,17H,12H2,1H3/b6-4+. The van der Waals surface area contributed by atoms with Gasteiger partial charge in [0.05, 0.1) is 16.4 Å². The van der Waals surface area contributed by atoms with E-state index < -0.39 is 9.84 Å². The average Bonchev–Trinajstić information content (AvgIpc) is 2.46. The molecule has 3 nitrogen and oxygen atoms in total. The van der Waals surface area contributed by atoms with E-state index in [9.17, 15) is 8.42 Å². The van der Waals surface area contributed by atoms with E-state index in [-0.39, 0.29) is 16.4 Å². The van der Waals surface area contributed by atoms with Gasteiger partial charge in [-0.2, -0.15) is 0 Å². The van der Waals surface area contributed by atoms with Crippen LogP contribution in [0.2, 0.25) is 0 Å². The Morgan fingerprint density at radius 1 is 1.05 bits per heavy atom. The molecule has 0 saturated heterocycles. The van der Waals surface area contributed by atoms with Crippen molar-refractivity contribution in [3.8, 4) is 0 Å². The summed E-state index contributed by atoms with van der Waals surface area (Å²) in [4.78, 5) is 0.515. The molecular formula is C16H16O3S. The zero-order valence-corrected chi connectivity index (χ0v) is 12.0. The van der Waals surface area contributed by atoms with Crippen LogP contribution in [0.15, 0.2) is 64.4 Å². The summed E-state index contributed by atoms with van der Waals surface area (Å²) in [5, 5.41) is 8.83. The Bertz CT molecular complexity index is 714. The Kier molecular flexibility index (Phi) is 4.37. The monoisotopic (exact) mass is 288 g/mol. The molecule has 0 spiro atoms. The van der Waals surface area contributed by atoms with Gasteiger partial charge in [-0.05, 0) is 30.7 Å². The normalized spacial score (nSPS) is 11.9. The van der Waals surface area contributed by atoms with Gasteiger partial charge in [-0.3, -0.25) is 0 Å². The molecule has 0 aliphatic carbocycles. The first-order chi connectivity index (χ1) is 9.55. The fraction of sp³-hybridized carbons (Fsp3) is 0.125. The molecule has 0 aromatic heterocycles. The summed E-state index contributed by atoms with van der Waals surface area (Å²) >= 11 is 0. The molecule has 0 aliphatic rings. The van der Waals surface area contributed by atoms with Gasteiger partial charge >= 0.3 is 0 Å². The third-order valence-corrected chi connectivity index (χ3v) is 4.79. The van der Waals surface area contributed by atoms with E-state index >= 15 is 0 Å². The maximum absolute atomic E-state index is 12.6. The first kappa shape index (κ1) is 14.5. The molecule has 0 aliphatic heterocycles. The van der Waals surface area contributed by atoms with Crippen molar-refractivity contribution in [2.45, 2.75) is 16.7 Å². The molecule has 0 heterocycles. The number of hydrogen-bond donors (Lipinski definition) is 1. The second-order valence-electron chi connectivity index (χ2n) is 4.44. The minimum atomic E-state index is -3.55. The number of benzene rings is 2. The molecule has 2 aromatic rings. The van der Waals surface area contributed by atoms with Crippen molar-refractivity contribution in [2.75, 3.05) is 6.61 Å². The Balaban J connectivity index is 2.55. The van der Waals surface area contributed by atoms with E-state index in [1.807, 2.05) is 6.92 Å². The van der Waals surface area contributed by atoms with Crippen molar-refractivity contribution >= 4 is 15.9 Å². The summed E-state index contributed by atoms with van der Waals surface area (Å²) in [5.74, 6) is 0. The van der Waals surface area contributed by atoms with Crippen LogP contribution in [0.5, 0.6) is 0 Å².